The van der Waals surface area contributed by atoms with E-state index in [0.29, 0.717) is 0 Å². The van der Waals surface area contributed by atoms with Crippen molar-refractivity contribution < 1.29 is 4.74 Å². The van der Waals surface area contributed by atoms with Crippen molar-refractivity contribution in [1.29, 1.82) is 0 Å². The van der Waals surface area contributed by atoms with Crippen molar-refractivity contribution in [2.75, 3.05) is 4.90 Å². The number of anilines is 3. The van der Waals surface area contributed by atoms with E-state index in [1.165, 1.54) is 54.7 Å². The number of hydrogen-bond donors (Lipinski definition) is 0. The molecule has 2 aliphatic rings. The van der Waals surface area contributed by atoms with Gasteiger partial charge in [0.1, 0.15) is 11.5 Å². The first kappa shape index (κ1) is 28.7. The fourth-order valence-corrected chi connectivity index (χ4v) is 9.25. The maximum atomic E-state index is 6.93. The van der Waals surface area contributed by atoms with Crippen LogP contribution in [0.5, 0.6) is 11.5 Å². The molecule has 0 aliphatic carbocycles. The summed E-state index contributed by atoms with van der Waals surface area (Å²) >= 11 is 0. The molecule has 2 aliphatic heterocycles. The SMILES string of the molecule is c1ccc(N2c3ccccc3B3c4ccccc4Oc4cc(-n5c6ccccc6c6c5ccc5c7ccccc7n(-c7ccccc7)c56)cc2c43)cc1. The van der Waals surface area contributed by atoms with Crippen molar-refractivity contribution in [3.63, 3.8) is 0 Å². The number of para-hydroxylation sites is 6. The molecule has 0 radical (unpaired) electrons. The minimum absolute atomic E-state index is 0.0505. The molecule has 0 unspecified atom stereocenters. The molecule has 0 spiro atoms. The molecule has 12 rings (SSSR count). The van der Waals surface area contributed by atoms with E-state index in [1.54, 1.807) is 0 Å². The molecule has 5 heteroatoms. The summed E-state index contributed by atoms with van der Waals surface area (Å²) in [7, 11) is 0. The summed E-state index contributed by atoms with van der Waals surface area (Å²) in [5.74, 6) is 1.80. The molecule has 4 nitrogen and oxygen atoms in total. The van der Waals surface area contributed by atoms with Gasteiger partial charge in [-0.15, -0.1) is 0 Å². The first-order valence-electron chi connectivity index (χ1n) is 18.2. The molecule has 10 aromatic rings. The Labute approximate surface area is 306 Å². The third-order valence-electron chi connectivity index (χ3n) is 11.3. The van der Waals surface area contributed by atoms with Gasteiger partial charge in [0.15, 0.2) is 0 Å². The van der Waals surface area contributed by atoms with Crippen molar-refractivity contribution in [2.45, 2.75) is 0 Å². The Morgan fingerprint density at radius 2 is 1.04 bits per heavy atom. The molecule has 0 saturated carbocycles. The van der Waals surface area contributed by atoms with Gasteiger partial charge >= 0.3 is 0 Å². The topological polar surface area (TPSA) is 22.3 Å². The van der Waals surface area contributed by atoms with E-state index in [1.807, 2.05) is 0 Å². The molecule has 246 valence electrons. The molecule has 2 aromatic heterocycles. The lowest BCUT2D eigenvalue weighted by atomic mass is 9.34. The minimum atomic E-state index is 0.0505. The molecule has 8 aromatic carbocycles. The van der Waals surface area contributed by atoms with E-state index in [2.05, 4.69) is 196 Å². The number of fused-ring (bicyclic) bond motifs is 11. The predicted octanol–water partition coefficient (Wildman–Crippen LogP) is 10.3. The van der Waals surface area contributed by atoms with Crippen molar-refractivity contribution >= 4 is 83.8 Å². The normalized spacial score (nSPS) is 13.0. The maximum Gasteiger partial charge on any atom is 0.256 e. The van der Waals surface area contributed by atoms with Gasteiger partial charge in [0.25, 0.3) is 6.71 Å². The van der Waals surface area contributed by atoms with Crippen LogP contribution in [-0.4, -0.2) is 15.8 Å². The standard InChI is InChI=1S/C48H30BN3O/c1-3-15-31(16-4-1)50-41-25-13-9-21-37(41)49-38-22-10-14-26-44(38)53-45-30-33(29-43(50)47(45)49)51-40-24-12-8-20-36(40)46-42(51)28-27-35-34-19-7-11-23-39(34)52(48(35)46)32-17-5-2-6-18-32/h1-30H. The van der Waals surface area contributed by atoms with E-state index < -0.39 is 0 Å². The number of ether oxygens (including phenoxy) is 1. The van der Waals surface area contributed by atoms with E-state index in [-0.39, 0.29) is 6.71 Å². The van der Waals surface area contributed by atoms with Gasteiger partial charge in [0.05, 0.1) is 27.8 Å². The molecule has 0 fully saturated rings. The first-order chi connectivity index (χ1) is 26.3. The van der Waals surface area contributed by atoms with Crippen LogP contribution in [0.4, 0.5) is 17.1 Å². The zero-order chi connectivity index (χ0) is 34.6. The molecule has 0 saturated heterocycles. The molecule has 0 bridgehead atoms. The van der Waals surface area contributed by atoms with Gasteiger partial charge in [-0.25, -0.2) is 0 Å². The summed E-state index contributed by atoms with van der Waals surface area (Å²) in [6.07, 6.45) is 0. The van der Waals surface area contributed by atoms with Crippen LogP contribution in [0.3, 0.4) is 0 Å². The third-order valence-corrected chi connectivity index (χ3v) is 11.3. The number of aromatic nitrogens is 2. The van der Waals surface area contributed by atoms with Gasteiger partial charge in [0.2, 0.25) is 0 Å². The van der Waals surface area contributed by atoms with Crippen molar-refractivity contribution in [1.82, 2.24) is 9.13 Å². The molecule has 0 N–H and O–H groups in total. The zero-order valence-electron chi connectivity index (χ0n) is 28.6. The first-order valence-corrected chi connectivity index (χ1v) is 18.2. The Bertz CT molecular complexity index is 3110. The Morgan fingerprint density at radius 3 is 1.85 bits per heavy atom. The van der Waals surface area contributed by atoms with Crippen LogP contribution in [0.25, 0.3) is 55.0 Å². The van der Waals surface area contributed by atoms with Crippen molar-refractivity contribution in [3.05, 3.63) is 182 Å². The second-order valence-corrected chi connectivity index (χ2v) is 14.1. The highest BCUT2D eigenvalue weighted by atomic mass is 16.5. The van der Waals surface area contributed by atoms with Gasteiger partial charge < -0.3 is 18.8 Å². The average Bonchev–Trinajstić information content (AvgIpc) is 3.74. The fourth-order valence-electron chi connectivity index (χ4n) is 9.25. The third kappa shape index (κ3) is 3.91. The summed E-state index contributed by atoms with van der Waals surface area (Å²) in [6.45, 7) is 0.0505. The number of hydrogen-bond acceptors (Lipinski definition) is 2. The smallest absolute Gasteiger partial charge is 0.256 e. The predicted molar refractivity (Wildman–Crippen MR) is 221 cm³/mol. The van der Waals surface area contributed by atoms with Crippen LogP contribution in [-0.2, 0) is 0 Å². The van der Waals surface area contributed by atoms with Gasteiger partial charge in [-0.2, -0.15) is 0 Å². The molecule has 4 heterocycles. The number of nitrogens with zero attached hydrogens (tertiary/aromatic N) is 3. The van der Waals surface area contributed by atoms with Crippen LogP contribution >= 0.6 is 0 Å². The number of rotatable bonds is 3. The van der Waals surface area contributed by atoms with Crippen LogP contribution < -0.4 is 26.0 Å². The maximum absolute atomic E-state index is 6.93. The van der Waals surface area contributed by atoms with E-state index in [4.69, 9.17) is 4.74 Å². The lowest BCUT2D eigenvalue weighted by Gasteiger charge is -2.40. The minimum Gasteiger partial charge on any atom is -0.458 e. The zero-order valence-corrected chi connectivity index (χ0v) is 28.6. The van der Waals surface area contributed by atoms with Crippen molar-refractivity contribution in [3.8, 4) is 22.9 Å². The summed E-state index contributed by atoms with van der Waals surface area (Å²) in [5.41, 5.74) is 14.0. The molecule has 0 amide bonds. The monoisotopic (exact) mass is 675 g/mol. The molecule has 0 atom stereocenters. The summed E-state index contributed by atoms with van der Waals surface area (Å²) in [4.78, 5) is 2.42. The summed E-state index contributed by atoms with van der Waals surface area (Å²) < 4.78 is 11.8. The second-order valence-electron chi connectivity index (χ2n) is 14.1. The fraction of sp³-hybridized carbons (Fsp3) is 0. The summed E-state index contributed by atoms with van der Waals surface area (Å²) in [5, 5.41) is 4.95. The van der Waals surface area contributed by atoms with Gasteiger partial charge in [-0.1, -0.05) is 115 Å². The van der Waals surface area contributed by atoms with Crippen molar-refractivity contribution in [2.24, 2.45) is 0 Å². The lowest BCUT2D eigenvalue weighted by Crippen LogP contribution is -2.59. The molecular weight excluding hydrogens is 645 g/mol. The Hall–Kier alpha value is -6.98. The Morgan fingerprint density at radius 1 is 0.396 bits per heavy atom. The van der Waals surface area contributed by atoms with E-state index in [0.717, 1.165) is 45.3 Å². The highest BCUT2D eigenvalue weighted by Crippen LogP contribution is 2.45. The molecular formula is C48H30BN3O. The largest absolute Gasteiger partial charge is 0.458 e. The van der Waals surface area contributed by atoms with Crippen LogP contribution in [0.1, 0.15) is 0 Å². The van der Waals surface area contributed by atoms with Gasteiger partial charge in [-0.05, 0) is 77.1 Å². The van der Waals surface area contributed by atoms with Crippen LogP contribution in [0, 0.1) is 0 Å². The van der Waals surface area contributed by atoms with E-state index in [9.17, 15) is 0 Å². The lowest BCUT2D eigenvalue weighted by molar-refractivity contribution is 0.487. The van der Waals surface area contributed by atoms with E-state index >= 15 is 0 Å². The molecule has 53 heavy (non-hydrogen) atoms. The van der Waals surface area contributed by atoms with Crippen LogP contribution in [0.15, 0.2) is 182 Å². The average molecular weight is 676 g/mol. The number of benzene rings is 8. The Balaban J connectivity index is 1.21. The highest BCUT2D eigenvalue weighted by Gasteiger charge is 2.42. The highest BCUT2D eigenvalue weighted by molar-refractivity contribution is 6.99. The van der Waals surface area contributed by atoms with Gasteiger partial charge in [0, 0.05) is 50.4 Å². The second kappa shape index (κ2) is 10.8. The summed E-state index contributed by atoms with van der Waals surface area (Å²) in [6, 6.07) is 65.8. The van der Waals surface area contributed by atoms with Crippen LogP contribution in [0.2, 0.25) is 0 Å². The van der Waals surface area contributed by atoms with Gasteiger partial charge in [-0.3, -0.25) is 0 Å². The quantitative estimate of drug-likeness (QED) is 0.174. The Kier molecular flexibility index (Phi) is 5.83.